The largest absolute Gasteiger partial charge is 0.492 e. The molecule has 2 heterocycles. The zero-order valence-electron chi connectivity index (χ0n) is 27.0. The third kappa shape index (κ3) is 8.31. The minimum Gasteiger partial charge on any atom is -0.492 e. The van der Waals surface area contributed by atoms with E-state index in [1.54, 1.807) is 12.1 Å². The molecule has 3 aromatic rings. The average molecular weight is 685 g/mol. The Morgan fingerprint density at radius 3 is 2.48 bits per heavy atom. The molecule has 5 rings (SSSR count). The molecular weight excluding hydrogens is 644 g/mol. The molecule has 1 unspecified atom stereocenters. The highest BCUT2D eigenvalue weighted by atomic mass is 35.5. The molecule has 258 valence electrons. The number of likely N-dealkylation sites (tertiary alicyclic amines) is 1. The number of hydrogen-bond acceptors (Lipinski definition) is 11. The summed E-state index contributed by atoms with van der Waals surface area (Å²) in [5.74, 6) is 0.454. The molecule has 0 radical (unpaired) electrons. The molecule has 3 aromatic carbocycles. The Balaban J connectivity index is 1.29. The number of aliphatic hydroxyl groups excluding tert-OH is 1. The number of hydrogen-bond donors (Lipinski definition) is 4. The first-order valence-corrected chi connectivity index (χ1v) is 16.2. The number of fused-ring (bicyclic) bond motifs is 1. The molecule has 48 heavy (non-hydrogen) atoms. The first-order valence-electron chi connectivity index (χ1n) is 15.8. The summed E-state index contributed by atoms with van der Waals surface area (Å²) in [6, 6.07) is 14.1. The van der Waals surface area contributed by atoms with Gasteiger partial charge in [-0.3, -0.25) is 15.0 Å². The van der Waals surface area contributed by atoms with Crippen molar-refractivity contribution in [2.75, 3.05) is 53.2 Å². The van der Waals surface area contributed by atoms with Crippen LogP contribution in [0.3, 0.4) is 0 Å². The second-order valence-corrected chi connectivity index (χ2v) is 12.2. The van der Waals surface area contributed by atoms with E-state index < -0.39 is 30.2 Å². The molecule has 0 aliphatic carbocycles. The number of methoxy groups -OCH3 is 1. The summed E-state index contributed by atoms with van der Waals surface area (Å²) in [6.07, 6.45) is 0.502. The molecule has 0 bridgehead atoms. The van der Waals surface area contributed by atoms with Crippen molar-refractivity contribution in [3.63, 3.8) is 0 Å². The van der Waals surface area contributed by atoms with Crippen LogP contribution in [0.5, 0.6) is 23.0 Å². The van der Waals surface area contributed by atoms with E-state index in [9.17, 15) is 24.9 Å². The molecule has 0 amide bonds. The molecular formula is C35H41ClN2O10. The average Bonchev–Trinajstić information content (AvgIpc) is 3.09. The van der Waals surface area contributed by atoms with E-state index in [0.717, 1.165) is 28.0 Å². The summed E-state index contributed by atoms with van der Waals surface area (Å²) < 4.78 is 28.6. The smallest absolute Gasteiger partial charge is 0.337 e. The van der Waals surface area contributed by atoms with Gasteiger partial charge < -0.3 is 39.0 Å². The standard InChI is InChI=1S/C35H41ClN2O10/c1-22-24(4-3-5-26(22)23-6-7-29-32(17-23)47-15-14-46-29)21-48-31-18-30(25(16-27(31)36)19-37-28(20-39)33(40)41)45-13-12-38-10-8-35(43,9-11-38)34(42)44-2/h3-7,16-18,28,37,39,43H,8-15,19-21H2,1-2H3,(H,40,41). The Labute approximate surface area is 284 Å². The normalized spacial score (nSPS) is 16.2. The van der Waals surface area contributed by atoms with Crippen LogP contribution < -0.4 is 24.3 Å². The van der Waals surface area contributed by atoms with Crippen molar-refractivity contribution < 1.29 is 48.6 Å². The third-order valence-corrected chi connectivity index (χ3v) is 9.03. The van der Waals surface area contributed by atoms with Crippen molar-refractivity contribution in [3.05, 3.63) is 70.2 Å². The number of carbonyl (C=O) groups excluding carboxylic acids is 1. The number of rotatable bonds is 14. The molecule has 1 atom stereocenters. The molecule has 2 aliphatic rings. The van der Waals surface area contributed by atoms with Gasteiger partial charge in [-0.05, 0) is 60.2 Å². The number of carbonyl (C=O) groups is 2. The van der Waals surface area contributed by atoms with Crippen molar-refractivity contribution in [1.29, 1.82) is 0 Å². The third-order valence-electron chi connectivity index (χ3n) is 8.73. The highest BCUT2D eigenvalue weighted by Gasteiger charge is 2.40. The van der Waals surface area contributed by atoms with Crippen LogP contribution in [0, 0.1) is 6.92 Å². The zero-order valence-corrected chi connectivity index (χ0v) is 27.8. The van der Waals surface area contributed by atoms with Gasteiger partial charge in [-0.2, -0.15) is 0 Å². The molecule has 1 saturated heterocycles. The molecule has 13 heteroatoms. The van der Waals surface area contributed by atoms with Crippen LogP contribution in [0.15, 0.2) is 48.5 Å². The lowest BCUT2D eigenvalue weighted by molar-refractivity contribution is -0.167. The maximum absolute atomic E-state index is 12.0. The van der Waals surface area contributed by atoms with Gasteiger partial charge in [0.15, 0.2) is 17.1 Å². The topological polar surface area (TPSA) is 156 Å². The number of aliphatic carboxylic acids is 1. The van der Waals surface area contributed by atoms with E-state index in [-0.39, 0.29) is 32.6 Å². The minimum atomic E-state index is -1.48. The van der Waals surface area contributed by atoms with Gasteiger partial charge >= 0.3 is 11.9 Å². The quantitative estimate of drug-likeness (QED) is 0.183. The second kappa shape index (κ2) is 15.9. The Bertz CT molecular complexity index is 1610. The number of piperidine rings is 1. The fourth-order valence-electron chi connectivity index (χ4n) is 5.77. The lowest BCUT2D eigenvalue weighted by Gasteiger charge is -2.35. The number of aliphatic hydroxyl groups is 2. The number of nitrogens with zero attached hydrogens (tertiary/aromatic N) is 1. The van der Waals surface area contributed by atoms with Crippen molar-refractivity contribution >= 4 is 23.5 Å². The van der Waals surface area contributed by atoms with Crippen molar-refractivity contribution in [1.82, 2.24) is 10.2 Å². The van der Waals surface area contributed by atoms with Gasteiger partial charge in [0, 0.05) is 37.8 Å². The number of nitrogens with one attached hydrogen (secondary N) is 1. The predicted molar refractivity (Wildman–Crippen MR) is 177 cm³/mol. The monoisotopic (exact) mass is 684 g/mol. The van der Waals surface area contributed by atoms with Crippen molar-refractivity contribution in [2.24, 2.45) is 0 Å². The maximum atomic E-state index is 12.0. The summed E-state index contributed by atoms with van der Waals surface area (Å²) in [5, 5.41) is 32.5. The Morgan fingerprint density at radius 2 is 1.77 bits per heavy atom. The fraction of sp³-hybridized carbons (Fsp3) is 0.429. The summed E-state index contributed by atoms with van der Waals surface area (Å²) >= 11 is 6.66. The van der Waals surface area contributed by atoms with Crippen LogP contribution >= 0.6 is 11.6 Å². The molecule has 12 nitrogen and oxygen atoms in total. The van der Waals surface area contributed by atoms with Gasteiger partial charge in [0.25, 0.3) is 0 Å². The highest BCUT2D eigenvalue weighted by molar-refractivity contribution is 6.32. The van der Waals surface area contributed by atoms with Crippen LogP contribution in [0.1, 0.15) is 29.5 Å². The van der Waals surface area contributed by atoms with E-state index in [4.69, 9.17) is 35.3 Å². The highest BCUT2D eigenvalue weighted by Crippen LogP contribution is 2.37. The SMILES string of the molecule is COC(=O)C1(O)CCN(CCOc2cc(OCc3cccc(-c4ccc5c(c4)OCCO5)c3C)c(Cl)cc2CNC(CO)C(=O)O)CC1. The zero-order chi connectivity index (χ0) is 34.3. The molecule has 0 saturated carbocycles. The number of benzene rings is 3. The van der Waals surface area contributed by atoms with E-state index in [1.165, 1.54) is 7.11 Å². The number of esters is 1. The van der Waals surface area contributed by atoms with E-state index >= 15 is 0 Å². The van der Waals surface area contributed by atoms with Gasteiger partial charge in [0.05, 0.1) is 18.7 Å². The maximum Gasteiger partial charge on any atom is 0.337 e. The predicted octanol–water partition coefficient (Wildman–Crippen LogP) is 3.58. The molecule has 0 aromatic heterocycles. The molecule has 0 spiro atoms. The number of ether oxygens (including phenoxy) is 5. The Kier molecular flexibility index (Phi) is 11.7. The van der Waals surface area contributed by atoms with Gasteiger partial charge in [-0.1, -0.05) is 35.9 Å². The van der Waals surface area contributed by atoms with Crippen LogP contribution in [-0.2, 0) is 27.5 Å². The minimum absolute atomic E-state index is 0.0689. The summed E-state index contributed by atoms with van der Waals surface area (Å²) in [4.78, 5) is 25.5. The summed E-state index contributed by atoms with van der Waals surface area (Å²) in [5.41, 5.74) is 3.12. The van der Waals surface area contributed by atoms with E-state index in [0.29, 0.717) is 60.7 Å². The van der Waals surface area contributed by atoms with Crippen molar-refractivity contribution in [2.45, 2.75) is 44.6 Å². The van der Waals surface area contributed by atoms with E-state index in [1.807, 2.05) is 43.3 Å². The summed E-state index contributed by atoms with van der Waals surface area (Å²) in [7, 11) is 1.26. The van der Waals surface area contributed by atoms with Gasteiger partial charge in [-0.15, -0.1) is 0 Å². The van der Waals surface area contributed by atoms with Gasteiger partial charge in [-0.25, -0.2) is 4.79 Å². The fourth-order valence-corrected chi connectivity index (χ4v) is 6.01. The first-order chi connectivity index (χ1) is 23.1. The lowest BCUT2D eigenvalue weighted by atomic mass is 9.91. The first kappa shape index (κ1) is 35.2. The van der Waals surface area contributed by atoms with Crippen LogP contribution in [0.4, 0.5) is 0 Å². The van der Waals surface area contributed by atoms with Crippen LogP contribution in [0.2, 0.25) is 5.02 Å². The lowest BCUT2D eigenvalue weighted by Crippen LogP contribution is -2.50. The number of carboxylic acid groups (broad SMARTS) is 1. The number of carboxylic acids is 1. The molecule has 2 aliphatic heterocycles. The Hall–Kier alpha value is -4.07. The van der Waals surface area contributed by atoms with Gasteiger partial charge in [0.1, 0.15) is 44.0 Å². The Morgan fingerprint density at radius 1 is 1.02 bits per heavy atom. The number of halogens is 1. The van der Waals surface area contributed by atoms with Crippen LogP contribution in [0.25, 0.3) is 11.1 Å². The van der Waals surface area contributed by atoms with Gasteiger partial charge in [0.2, 0.25) is 0 Å². The molecule has 1 fully saturated rings. The summed E-state index contributed by atoms with van der Waals surface area (Å²) in [6.45, 7) is 4.53. The van der Waals surface area contributed by atoms with Crippen molar-refractivity contribution in [3.8, 4) is 34.1 Å². The van der Waals surface area contributed by atoms with Crippen LogP contribution in [-0.4, -0.2) is 97.0 Å². The van der Waals surface area contributed by atoms with E-state index in [2.05, 4.69) is 10.2 Å². The second-order valence-electron chi connectivity index (χ2n) is 11.8. The molecule has 4 N–H and O–H groups in total.